The zero-order valence-electron chi connectivity index (χ0n) is 20.8. The third-order valence-corrected chi connectivity index (χ3v) is 7.13. The number of phenols is 1. The van der Waals surface area contributed by atoms with Gasteiger partial charge in [-0.3, -0.25) is 0 Å². The fourth-order valence-electron chi connectivity index (χ4n) is 5.58. The highest BCUT2D eigenvalue weighted by atomic mass is 31.1. The van der Waals surface area contributed by atoms with E-state index in [1.54, 1.807) is 0 Å². The van der Waals surface area contributed by atoms with E-state index in [9.17, 15) is 5.11 Å². The lowest BCUT2D eigenvalue weighted by Gasteiger charge is -2.20. The van der Waals surface area contributed by atoms with Crippen molar-refractivity contribution >= 4 is 51.3 Å². The standard InChI is InChI=1S/C34H22O.HO3P/c35-31-20-18-23-10-2-6-14-27(23)34(31)33-26-13-5-1-9-22(26)17-19-30(33)32-28-15-7-3-11-24(28)21-25-12-4-8-16-29(25)32;1-4(2)3/h1-21,35H;(H-,1,2,3)/p+1. The lowest BCUT2D eigenvalue weighted by molar-refractivity contribution is 0.405. The number of aromatic hydroxyl groups is 1. The molecule has 0 radical (unpaired) electrons. The first-order valence-corrected chi connectivity index (χ1v) is 13.7. The van der Waals surface area contributed by atoms with Crippen molar-refractivity contribution in [2.45, 2.75) is 0 Å². The molecule has 0 fully saturated rings. The molecule has 0 atom stereocenters. The molecule has 0 saturated carbocycles. The molecule has 188 valence electrons. The summed E-state index contributed by atoms with van der Waals surface area (Å²) in [6.07, 6.45) is 0. The molecule has 0 aliphatic heterocycles. The smallest absolute Gasteiger partial charge is 0.507 e. The SMILES string of the molecule is O=[P+](O)O.Oc1ccc2ccccc2c1-c1c(-c2c3ccccc3cc3ccccc23)ccc2ccccc12. The van der Waals surface area contributed by atoms with Crippen molar-refractivity contribution in [1.29, 1.82) is 0 Å². The van der Waals surface area contributed by atoms with Gasteiger partial charge in [0.15, 0.2) is 0 Å². The zero-order chi connectivity index (χ0) is 26.9. The summed E-state index contributed by atoms with van der Waals surface area (Å²) in [5.41, 5.74) is 4.28. The van der Waals surface area contributed by atoms with E-state index in [2.05, 4.69) is 103 Å². The van der Waals surface area contributed by atoms with Crippen LogP contribution in [0.3, 0.4) is 0 Å². The van der Waals surface area contributed by atoms with E-state index in [0.29, 0.717) is 5.75 Å². The van der Waals surface area contributed by atoms with Gasteiger partial charge in [0.05, 0.1) is 0 Å². The zero-order valence-corrected chi connectivity index (χ0v) is 21.7. The van der Waals surface area contributed by atoms with E-state index in [4.69, 9.17) is 14.4 Å². The van der Waals surface area contributed by atoms with Crippen LogP contribution < -0.4 is 0 Å². The van der Waals surface area contributed by atoms with E-state index >= 15 is 0 Å². The molecule has 7 aromatic rings. The Kier molecular flexibility index (Phi) is 6.52. The Balaban J connectivity index is 0.000000650. The van der Waals surface area contributed by atoms with Gasteiger partial charge >= 0.3 is 8.25 Å². The van der Waals surface area contributed by atoms with Crippen LogP contribution in [0.25, 0.3) is 65.3 Å². The molecule has 4 nitrogen and oxygen atoms in total. The van der Waals surface area contributed by atoms with Crippen LogP contribution in [0.5, 0.6) is 5.75 Å². The highest BCUT2D eigenvalue weighted by Gasteiger charge is 2.20. The summed E-state index contributed by atoms with van der Waals surface area (Å²) in [5.74, 6) is 0.297. The van der Waals surface area contributed by atoms with Crippen molar-refractivity contribution in [3.05, 3.63) is 127 Å². The van der Waals surface area contributed by atoms with Crippen molar-refractivity contribution in [2.75, 3.05) is 0 Å². The Bertz CT molecular complexity index is 1970. The normalized spacial score (nSPS) is 11.0. The summed E-state index contributed by atoms with van der Waals surface area (Å²) in [5, 5.41) is 20.6. The number of phenolic OH excluding ortho intramolecular Hbond substituents is 1. The van der Waals surface area contributed by atoms with E-state index < -0.39 is 8.25 Å². The number of hydrogen-bond acceptors (Lipinski definition) is 2. The van der Waals surface area contributed by atoms with Gasteiger partial charge in [-0.2, -0.15) is 0 Å². The predicted molar refractivity (Wildman–Crippen MR) is 161 cm³/mol. The second-order valence-corrected chi connectivity index (χ2v) is 9.84. The molecule has 0 unspecified atom stereocenters. The van der Waals surface area contributed by atoms with Crippen LogP contribution in [0.2, 0.25) is 0 Å². The average molecular weight is 528 g/mol. The molecule has 0 aliphatic carbocycles. The number of benzene rings is 7. The Morgan fingerprint density at radius 2 is 0.821 bits per heavy atom. The first-order chi connectivity index (χ1) is 19.0. The van der Waals surface area contributed by atoms with Crippen molar-refractivity contribution in [1.82, 2.24) is 0 Å². The van der Waals surface area contributed by atoms with E-state index in [0.717, 1.165) is 38.2 Å². The topological polar surface area (TPSA) is 77.8 Å². The Morgan fingerprint density at radius 1 is 0.436 bits per heavy atom. The lowest BCUT2D eigenvalue weighted by Crippen LogP contribution is -1.92. The minimum absolute atomic E-state index is 0.297. The van der Waals surface area contributed by atoms with Crippen LogP contribution in [0.1, 0.15) is 0 Å². The third-order valence-electron chi connectivity index (χ3n) is 7.13. The van der Waals surface area contributed by atoms with Crippen LogP contribution in [0.4, 0.5) is 0 Å². The number of rotatable bonds is 2. The summed E-state index contributed by atoms with van der Waals surface area (Å²) in [6.45, 7) is 0. The average Bonchev–Trinajstić information content (AvgIpc) is 2.95. The summed E-state index contributed by atoms with van der Waals surface area (Å²) in [6, 6.07) is 44.5. The summed E-state index contributed by atoms with van der Waals surface area (Å²) in [4.78, 5) is 14.2. The Hall–Kier alpha value is -4.60. The first-order valence-electron chi connectivity index (χ1n) is 12.5. The van der Waals surface area contributed by atoms with Crippen molar-refractivity contribution < 1.29 is 19.5 Å². The molecule has 7 rings (SSSR count). The monoisotopic (exact) mass is 527 g/mol. The minimum Gasteiger partial charge on any atom is -0.507 e. The molecule has 5 heteroatoms. The van der Waals surface area contributed by atoms with Gasteiger partial charge < -0.3 is 5.11 Å². The first kappa shape index (κ1) is 24.7. The maximum absolute atomic E-state index is 11.3. The fourth-order valence-corrected chi connectivity index (χ4v) is 5.58. The van der Waals surface area contributed by atoms with Crippen LogP contribution in [0.15, 0.2) is 127 Å². The van der Waals surface area contributed by atoms with Gasteiger partial charge in [0.25, 0.3) is 0 Å². The molecule has 0 aromatic heterocycles. The highest BCUT2D eigenvalue weighted by Crippen LogP contribution is 2.48. The highest BCUT2D eigenvalue weighted by molar-refractivity contribution is 7.30. The molecule has 0 amide bonds. The molecule has 0 heterocycles. The van der Waals surface area contributed by atoms with Gasteiger partial charge in [0, 0.05) is 15.7 Å². The third kappa shape index (κ3) is 4.52. The second kappa shape index (κ2) is 10.3. The van der Waals surface area contributed by atoms with E-state index in [1.165, 1.54) is 27.1 Å². The van der Waals surface area contributed by atoms with Crippen molar-refractivity contribution in [2.24, 2.45) is 0 Å². The summed E-state index contributed by atoms with van der Waals surface area (Å²) >= 11 is 0. The quantitative estimate of drug-likeness (QED) is 0.155. The molecule has 0 saturated heterocycles. The van der Waals surface area contributed by atoms with E-state index in [1.807, 2.05) is 24.3 Å². The molecule has 3 N–H and O–H groups in total. The fraction of sp³-hybridized carbons (Fsp3) is 0. The van der Waals surface area contributed by atoms with Crippen LogP contribution in [0, 0.1) is 0 Å². The van der Waals surface area contributed by atoms with Crippen LogP contribution >= 0.6 is 8.25 Å². The molecule has 0 aliphatic rings. The maximum Gasteiger partial charge on any atom is 0.692 e. The van der Waals surface area contributed by atoms with Gasteiger partial charge in [-0.1, -0.05) is 115 Å². The van der Waals surface area contributed by atoms with Crippen molar-refractivity contribution in [3.63, 3.8) is 0 Å². The number of hydrogen-bond donors (Lipinski definition) is 3. The Labute approximate surface area is 226 Å². The van der Waals surface area contributed by atoms with Gasteiger partial charge in [0.1, 0.15) is 5.75 Å². The maximum atomic E-state index is 11.3. The molecule has 0 bridgehead atoms. The molecular weight excluding hydrogens is 503 g/mol. The van der Waals surface area contributed by atoms with Crippen LogP contribution in [-0.4, -0.2) is 14.9 Å². The van der Waals surface area contributed by atoms with Gasteiger partial charge in [-0.15, -0.1) is 9.79 Å². The largest absolute Gasteiger partial charge is 0.692 e. The summed E-state index contributed by atoms with van der Waals surface area (Å²) in [7, 11) is -2.87. The molecule has 7 aromatic carbocycles. The molecule has 39 heavy (non-hydrogen) atoms. The molecule has 0 spiro atoms. The Morgan fingerprint density at radius 3 is 1.33 bits per heavy atom. The predicted octanol–water partition coefficient (Wildman–Crippen LogP) is 8.97. The van der Waals surface area contributed by atoms with Gasteiger partial charge in [0.2, 0.25) is 0 Å². The van der Waals surface area contributed by atoms with Crippen molar-refractivity contribution in [3.8, 4) is 28.0 Å². The lowest BCUT2D eigenvalue weighted by atomic mass is 9.84. The van der Waals surface area contributed by atoms with Gasteiger partial charge in [-0.05, 0) is 66.3 Å². The number of fused-ring (bicyclic) bond motifs is 4. The summed E-state index contributed by atoms with van der Waals surface area (Å²) < 4.78 is 8.70. The minimum atomic E-state index is -2.87. The van der Waals surface area contributed by atoms with E-state index in [-0.39, 0.29) is 0 Å². The second-order valence-electron chi connectivity index (χ2n) is 9.34. The molecular formula is C34H24O4P+. The van der Waals surface area contributed by atoms with Crippen LogP contribution in [-0.2, 0) is 4.57 Å². The van der Waals surface area contributed by atoms with Gasteiger partial charge in [-0.25, -0.2) is 0 Å².